The first-order valence-corrected chi connectivity index (χ1v) is 5.85. The van der Waals surface area contributed by atoms with E-state index in [1.165, 1.54) is 0 Å². The summed E-state index contributed by atoms with van der Waals surface area (Å²) in [5.41, 5.74) is 7.60. The van der Waals surface area contributed by atoms with Gasteiger partial charge in [-0.1, -0.05) is 0 Å². The lowest BCUT2D eigenvalue weighted by Crippen LogP contribution is -2.00. The first-order valence-electron chi connectivity index (χ1n) is 5.85. The van der Waals surface area contributed by atoms with Crippen LogP contribution in [-0.4, -0.2) is 11.5 Å². The van der Waals surface area contributed by atoms with Crippen LogP contribution in [0.2, 0.25) is 0 Å². The molecule has 0 aliphatic heterocycles. The average Bonchev–Trinajstić information content (AvgIpc) is 2.83. The molecule has 0 spiro atoms. The van der Waals surface area contributed by atoms with Gasteiger partial charge in [-0.05, 0) is 33.7 Å². The molecule has 92 valence electrons. The highest BCUT2D eigenvalue weighted by molar-refractivity contribution is 5.64. The van der Waals surface area contributed by atoms with Gasteiger partial charge in [0.25, 0.3) is 0 Å². The minimum atomic E-state index is 0.653. The Bertz CT molecular complexity index is 511. The number of furan rings is 1. The number of oxazole rings is 1. The Kier molecular flexibility index (Phi) is 3.33. The Morgan fingerprint density at radius 3 is 2.53 bits per heavy atom. The van der Waals surface area contributed by atoms with Gasteiger partial charge in [-0.25, -0.2) is 4.98 Å². The van der Waals surface area contributed by atoms with Crippen molar-refractivity contribution in [1.29, 1.82) is 0 Å². The van der Waals surface area contributed by atoms with Crippen molar-refractivity contribution in [3.8, 4) is 11.3 Å². The second kappa shape index (κ2) is 4.75. The van der Waals surface area contributed by atoms with E-state index in [0.29, 0.717) is 6.54 Å². The Balaban J connectivity index is 2.30. The lowest BCUT2D eigenvalue weighted by atomic mass is 10.1. The molecule has 2 heterocycles. The second-order valence-corrected chi connectivity index (χ2v) is 4.22. The molecule has 0 unspecified atom stereocenters. The van der Waals surface area contributed by atoms with Crippen LogP contribution in [0.4, 0.5) is 0 Å². The molecule has 0 atom stereocenters. The lowest BCUT2D eigenvalue weighted by molar-refractivity contribution is 0.490. The van der Waals surface area contributed by atoms with Gasteiger partial charge in [-0.3, -0.25) is 0 Å². The van der Waals surface area contributed by atoms with Crippen LogP contribution in [-0.2, 0) is 6.42 Å². The fourth-order valence-corrected chi connectivity index (χ4v) is 1.95. The predicted molar refractivity (Wildman–Crippen MR) is 65.8 cm³/mol. The Labute approximate surface area is 101 Å². The van der Waals surface area contributed by atoms with E-state index in [1.807, 2.05) is 20.8 Å². The third-order valence-corrected chi connectivity index (χ3v) is 2.96. The number of aryl methyl sites for hydroxylation is 3. The van der Waals surface area contributed by atoms with Crippen molar-refractivity contribution >= 4 is 0 Å². The van der Waals surface area contributed by atoms with Crippen molar-refractivity contribution in [2.45, 2.75) is 33.6 Å². The standard InChI is InChI=1S/C13H18N2O2/c1-8-9(2)16-10(3)13(8)11-7-15-12(17-11)5-4-6-14/h7H,4-6,14H2,1-3H3. The van der Waals surface area contributed by atoms with Crippen molar-refractivity contribution in [3.05, 3.63) is 29.2 Å². The number of hydrogen-bond donors (Lipinski definition) is 1. The minimum absolute atomic E-state index is 0.653. The molecule has 0 fully saturated rings. The smallest absolute Gasteiger partial charge is 0.194 e. The van der Waals surface area contributed by atoms with Gasteiger partial charge in [0.05, 0.1) is 11.8 Å². The molecule has 2 aromatic rings. The Hall–Kier alpha value is -1.55. The topological polar surface area (TPSA) is 65.2 Å². The molecule has 0 aromatic carbocycles. The van der Waals surface area contributed by atoms with Gasteiger partial charge < -0.3 is 14.6 Å². The fraction of sp³-hybridized carbons (Fsp3) is 0.462. The third-order valence-electron chi connectivity index (χ3n) is 2.96. The van der Waals surface area contributed by atoms with E-state index in [0.717, 1.165) is 47.1 Å². The van der Waals surface area contributed by atoms with E-state index in [2.05, 4.69) is 4.98 Å². The molecule has 4 nitrogen and oxygen atoms in total. The lowest BCUT2D eigenvalue weighted by Gasteiger charge is -1.96. The van der Waals surface area contributed by atoms with E-state index < -0.39 is 0 Å². The highest BCUT2D eigenvalue weighted by Gasteiger charge is 2.16. The van der Waals surface area contributed by atoms with Gasteiger partial charge in [-0.2, -0.15) is 0 Å². The summed E-state index contributed by atoms with van der Waals surface area (Å²) in [7, 11) is 0. The van der Waals surface area contributed by atoms with Crippen molar-refractivity contribution in [2.24, 2.45) is 5.73 Å². The van der Waals surface area contributed by atoms with E-state index >= 15 is 0 Å². The highest BCUT2D eigenvalue weighted by Crippen LogP contribution is 2.31. The summed E-state index contributed by atoms with van der Waals surface area (Å²) >= 11 is 0. The van der Waals surface area contributed by atoms with Gasteiger partial charge in [0.2, 0.25) is 0 Å². The molecule has 2 rings (SSSR count). The Morgan fingerprint density at radius 1 is 1.18 bits per heavy atom. The molecule has 4 heteroatoms. The van der Waals surface area contributed by atoms with E-state index in [9.17, 15) is 0 Å². The largest absolute Gasteiger partial charge is 0.466 e. The van der Waals surface area contributed by atoms with Crippen LogP contribution in [0.25, 0.3) is 11.3 Å². The third kappa shape index (κ3) is 2.26. The zero-order chi connectivity index (χ0) is 12.4. The average molecular weight is 234 g/mol. The van der Waals surface area contributed by atoms with Crippen LogP contribution < -0.4 is 5.73 Å². The minimum Gasteiger partial charge on any atom is -0.466 e. The molecule has 2 N–H and O–H groups in total. The van der Waals surface area contributed by atoms with E-state index in [4.69, 9.17) is 14.6 Å². The van der Waals surface area contributed by atoms with Crippen LogP contribution in [0.3, 0.4) is 0 Å². The maximum Gasteiger partial charge on any atom is 0.194 e. The first-order chi connectivity index (χ1) is 8.13. The summed E-state index contributed by atoms with van der Waals surface area (Å²) in [5, 5.41) is 0. The monoisotopic (exact) mass is 234 g/mol. The molecule has 2 aromatic heterocycles. The molecule has 0 bridgehead atoms. The summed E-state index contributed by atoms with van der Waals surface area (Å²) < 4.78 is 11.3. The molecular formula is C13H18N2O2. The first kappa shape index (κ1) is 11.9. The maximum atomic E-state index is 5.72. The van der Waals surface area contributed by atoms with Gasteiger partial charge in [-0.15, -0.1) is 0 Å². The maximum absolute atomic E-state index is 5.72. The number of aromatic nitrogens is 1. The normalized spacial score (nSPS) is 11.1. The van der Waals surface area contributed by atoms with Gasteiger partial charge in [0.15, 0.2) is 11.7 Å². The van der Waals surface area contributed by atoms with Crippen molar-refractivity contribution < 1.29 is 8.83 Å². The molecule has 0 saturated heterocycles. The van der Waals surface area contributed by atoms with E-state index in [-0.39, 0.29) is 0 Å². The number of nitrogens with zero attached hydrogens (tertiary/aromatic N) is 1. The Morgan fingerprint density at radius 2 is 1.94 bits per heavy atom. The SMILES string of the molecule is Cc1oc(C)c(-c2cnc(CCCN)o2)c1C. The van der Waals surface area contributed by atoms with Gasteiger partial charge >= 0.3 is 0 Å². The van der Waals surface area contributed by atoms with Crippen LogP contribution in [0.5, 0.6) is 0 Å². The molecular weight excluding hydrogens is 216 g/mol. The van der Waals surface area contributed by atoms with Crippen molar-refractivity contribution in [2.75, 3.05) is 6.54 Å². The van der Waals surface area contributed by atoms with Crippen molar-refractivity contribution in [3.63, 3.8) is 0 Å². The van der Waals surface area contributed by atoms with Crippen LogP contribution in [0.15, 0.2) is 15.0 Å². The molecule has 0 radical (unpaired) electrons. The summed E-state index contributed by atoms with van der Waals surface area (Å²) in [4.78, 5) is 4.26. The molecule has 0 amide bonds. The highest BCUT2D eigenvalue weighted by atomic mass is 16.4. The molecule has 0 aliphatic carbocycles. The second-order valence-electron chi connectivity index (χ2n) is 4.22. The molecule has 0 aliphatic rings. The van der Waals surface area contributed by atoms with E-state index in [1.54, 1.807) is 6.20 Å². The number of nitrogens with two attached hydrogens (primary N) is 1. The van der Waals surface area contributed by atoms with Gasteiger partial charge in [0, 0.05) is 12.0 Å². The zero-order valence-corrected chi connectivity index (χ0v) is 10.5. The summed E-state index contributed by atoms with van der Waals surface area (Å²) in [6.07, 6.45) is 3.43. The van der Waals surface area contributed by atoms with Crippen molar-refractivity contribution in [1.82, 2.24) is 4.98 Å². The number of rotatable bonds is 4. The van der Waals surface area contributed by atoms with Gasteiger partial charge in [0.1, 0.15) is 11.5 Å². The van der Waals surface area contributed by atoms with Crippen LogP contribution in [0, 0.1) is 20.8 Å². The molecule has 17 heavy (non-hydrogen) atoms. The summed E-state index contributed by atoms with van der Waals surface area (Å²) in [6, 6.07) is 0. The zero-order valence-electron chi connectivity index (χ0n) is 10.5. The summed E-state index contributed by atoms with van der Waals surface area (Å²) in [6.45, 7) is 6.58. The van der Waals surface area contributed by atoms with Crippen LogP contribution in [0.1, 0.15) is 29.4 Å². The quantitative estimate of drug-likeness (QED) is 0.883. The molecule has 0 saturated carbocycles. The van der Waals surface area contributed by atoms with Crippen LogP contribution >= 0.6 is 0 Å². The fourth-order valence-electron chi connectivity index (χ4n) is 1.95. The summed E-state index contributed by atoms with van der Waals surface area (Å²) in [5.74, 6) is 3.32. The predicted octanol–water partition coefficient (Wildman–Crippen LogP) is 2.75. The number of hydrogen-bond acceptors (Lipinski definition) is 4.